The second-order valence-electron chi connectivity index (χ2n) is 5.86. The van der Waals surface area contributed by atoms with Crippen molar-refractivity contribution in [1.29, 1.82) is 0 Å². The van der Waals surface area contributed by atoms with E-state index in [0.717, 1.165) is 16.9 Å². The molecule has 3 aromatic rings. The van der Waals surface area contributed by atoms with Gasteiger partial charge in [0.2, 0.25) is 5.91 Å². The zero-order valence-corrected chi connectivity index (χ0v) is 14.6. The van der Waals surface area contributed by atoms with E-state index in [4.69, 9.17) is 4.74 Å². The second-order valence-corrected chi connectivity index (χ2v) is 5.86. The predicted molar refractivity (Wildman–Crippen MR) is 102 cm³/mol. The Hall–Kier alpha value is -3.34. The number of hydrogen-bond acceptors (Lipinski definition) is 3. The average Bonchev–Trinajstić information content (AvgIpc) is 3.13. The summed E-state index contributed by atoms with van der Waals surface area (Å²) in [5.41, 5.74) is 3.06. The van der Waals surface area contributed by atoms with E-state index in [1.165, 1.54) is 11.6 Å². The van der Waals surface area contributed by atoms with Gasteiger partial charge in [-0.05, 0) is 29.3 Å². The van der Waals surface area contributed by atoms with Gasteiger partial charge in [0.25, 0.3) is 0 Å². The first-order valence-corrected chi connectivity index (χ1v) is 8.38. The van der Waals surface area contributed by atoms with Crippen molar-refractivity contribution in [2.24, 2.45) is 0 Å². The molecule has 132 valence electrons. The molecule has 26 heavy (non-hydrogen) atoms. The van der Waals surface area contributed by atoms with Crippen LogP contribution in [0.15, 0.2) is 73.1 Å². The van der Waals surface area contributed by atoms with Crippen molar-refractivity contribution in [3.63, 3.8) is 0 Å². The smallest absolute Gasteiger partial charge is 0.244 e. The molecule has 1 amide bonds. The summed E-state index contributed by atoms with van der Waals surface area (Å²) in [4.78, 5) is 12.0. The van der Waals surface area contributed by atoms with Crippen LogP contribution in [0.4, 0.5) is 0 Å². The summed E-state index contributed by atoms with van der Waals surface area (Å²) in [6, 6.07) is 17.7. The summed E-state index contributed by atoms with van der Waals surface area (Å²) < 4.78 is 7.03. The number of benzene rings is 2. The highest BCUT2D eigenvalue weighted by Crippen LogP contribution is 2.12. The zero-order chi connectivity index (χ0) is 18.2. The summed E-state index contributed by atoms with van der Waals surface area (Å²) >= 11 is 0. The molecule has 0 bridgehead atoms. The second kappa shape index (κ2) is 8.67. The van der Waals surface area contributed by atoms with Crippen molar-refractivity contribution in [2.75, 3.05) is 7.11 Å². The van der Waals surface area contributed by atoms with Crippen LogP contribution in [0.5, 0.6) is 5.75 Å². The van der Waals surface area contributed by atoms with Crippen LogP contribution in [0.3, 0.4) is 0 Å². The van der Waals surface area contributed by atoms with E-state index >= 15 is 0 Å². The van der Waals surface area contributed by atoms with Crippen molar-refractivity contribution in [1.82, 2.24) is 15.1 Å². The predicted octanol–water partition coefficient (Wildman–Crippen LogP) is 3.27. The van der Waals surface area contributed by atoms with Crippen LogP contribution in [-0.4, -0.2) is 22.8 Å². The largest absolute Gasteiger partial charge is 0.497 e. The third-order valence-corrected chi connectivity index (χ3v) is 3.87. The molecule has 0 saturated heterocycles. The molecule has 0 aliphatic carbocycles. The lowest BCUT2D eigenvalue weighted by Gasteiger charge is -2.05. The molecule has 3 rings (SSSR count). The highest BCUT2D eigenvalue weighted by Gasteiger charge is 2.00. The molecule has 5 nitrogen and oxygen atoms in total. The highest BCUT2D eigenvalue weighted by molar-refractivity contribution is 5.91. The fourth-order valence-electron chi connectivity index (χ4n) is 2.53. The fourth-order valence-corrected chi connectivity index (χ4v) is 2.53. The lowest BCUT2D eigenvalue weighted by molar-refractivity contribution is -0.116. The third kappa shape index (κ3) is 5.08. The zero-order valence-electron chi connectivity index (χ0n) is 14.6. The lowest BCUT2D eigenvalue weighted by atomic mass is 10.2. The quantitative estimate of drug-likeness (QED) is 0.668. The van der Waals surface area contributed by atoms with E-state index in [9.17, 15) is 4.79 Å². The Morgan fingerprint density at radius 1 is 1.15 bits per heavy atom. The van der Waals surface area contributed by atoms with Crippen molar-refractivity contribution in [2.45, 2.75) is 13.1 Å². The maximum atomic E-state index is 12.0. The number of nitrogens with one attached hydrogen (secondary N) is 1. The topological polar surface area (TPSA) is 56.1 Å². The Balaban J connectivity index is 1.52. The van der Waals surface area contributed by atoms with Gasteiger partial charge >= 0.3 is 0 Å². The van der Waals surface area contributed by atoms with Gasteiger partial charge in [-0.3, -0.25) is 9.48 Å². The molecule has 0 atom stereocenters. The van der Waals surface area contributed by atoms with E-state index in [1.807, 2.05) is 53.3 Å². The molecule has 0 radical (unpaired) electrons. The van der Waals surface area contributed by atoms with E-state index in [-0.39, 0.29) is 5.91 Å². The van der Waals surface area contributed by atoms with E-state index in [0.29, 0.717) is 13.1 Å². The number of carbonyl (C=O) groups excluding carboxylic acids is 1. The van der Waals surface area contributed by atoms with E-state index in [1.54, 1.807) is 19.4 Å². The van der Waals surface area contributed by atoms with Gasteiger partial charge in [-0.1, -0.05) is 42.5 Å². The number of methoxy groups -OCH3 is 1. The van der Waals surface area contributed by atoms with Gasteiger partial charge < -0.3 is 10.1 Å². The molecular weight excluding hydrogens is 326 g/mol. The molecular formula is C21H21N3O2. The normalized spacial score (nSPS) is 10.8. The minimum Gasteiger partial charge on any atom is -0.497 e. The van der Waals surface area contributed by atoms with Crippen molar-refractivity contribution in [3.05, 3.63) is 89.8 Å². The van der Waals surface area contributed by atoms with Crippen LogP contribution in [0, 0.1) is 0 Å². The van der Waals surface area contributed by atoms with Gasteiger partial charge in [0.15, 0.2) is 0 Å². The minimum atomic E-state index is -0.149. The first kappa shape index (κ1) is 17.5. The Morgan fingerprint density at radius 3 is 2.77 bits per heavy atom. The molecule has 1 heterocycles. The molecule has 2 aromatic carbocycles. The van der Waals surface area contributed by atoms with Gasteiger partial charge in [0.1, 0.15) is 5.75 Å². The van der Waals surface area contributed by atoms with Gasteiger partial charge in [-0.25, -0.2) is 0 Å². The minimum absolute atomic E-state index is 0.149. The molecule has 1 aromatic heterocycles. The molecule has 0 aliphatic rings. The van der Waals surface area contributed by atoms with E-state index < -0.39 is 0 Å². The van der Waals surface area contributed by atoms with Crippen molar-refractivity contribution in [3.8, 4) is 5.75 Å². The fraction of sp³-hybridized carbons (Fsp3) is 0.143. The van der Waals surface area contributed by atoms with Crippen LogP contribution >= 0.6 is 0 Å². The molecule has 0 saturated carbocycles. The summed E-state index contributed by atoms with van der Waals surface area (Å²) in [5.74, 6) is 0.627. The number of amides is 1. The Bertz CT molecular complexity index is 885. The molecule has 0 fully saturated rings. The number of rotatable bonds is 7. The SMILES string of the molecule is COc1cccc(CNC(=O)/C=C/c2cnn(Cc3ccccc3)c2)c1. The van der Waals surface area contributed by atoms with Gasteiger partial charge in [-0.15, -0.1) is 0 Å². The van der Waals surface area contributed by atoms with Crippen LogP contribution in [-0.2, 0) is 17.9 Å². The lowest BCUT2D eigenvalue weighted by Crippen LogP contribution is -2.20. The average molecular weight is 347 g/mol. The number of nitrogens with zero attached hydrogens (tertiary/aromatic N) is 2. The maximum absolute atomic E-state index is 12.0. The van der Waals surface area contributed by atoms with Crippen molar-refractivity contribution >= 4 is 12.0 Å². The summed E-state index contributed by atoms with van der Waals surface area (Å²) in [6.07, 6.45) is 6.94. The number of carbonyl (C=O) groups is 1. The van der Waals surface area contributed by atoms with E-state index in [2.05, 4.69) is 22.5 Å². The molecule has 0 unspecified atom stereocenters. The number of hydrogen-bond donors (Lipinski definition) is 1. The summed E-state index contributed by atoms with van der Waals surface area (Å²) in [7, 11) is 1.62. The van der Waals surface area contributed by atoms with Crippen molar-refractivity contribution < 1.29 is 9.53 Å². The van der Waals surface area contributed by atoms with Gasteiger partial charge in [-0.2, -0.15) is 5.10 Å². The molecule has 0 aliphatic heterocycles. The Kier molecular flexibility index (Phi) is 5.83. The molecule has 1 N–H and O–H groups in total. The van der Waals surface area contributed by atoms with Gasteiger partial charge in [0, 0.05) is 24.4 Å². The monoisotopic (exact) mass is 347 g/mol. The maximum Gasteiger partial charge on any atom is 0.244 e. The first-order valence-electron chi connectivity index (χ1n) is 8.38. The van der Waals surface area contributed by atoms with Crippen LogP contribution in [0.2, 0.25) is 0 Å². The Labute approximate surface area is 152 Å². The van der Waals surface area contributed by atoms with Crippen LogP contribution in [0.25, 0.3) is 6.08 Å². The molecule has 0 spiro atoms. The highest BCUT2D eigenvalue weighted by atomic mass is 16.5. The van der Waals surface area contributed by atoms with Crippen LogP contribution < -0.4 is 10.1 Å². The summed E-state index contributed by atoms with van der Waals surface area (Å²) in [5, 5.41) is 7.18. The standard InChI is InChI=1S/C21H21N3O2/c1-26-20-9-5-8-18(12-20)13-22-21(25)11-10-19-14-23-24(16-19)15-17-6-3-2-4-7-17/h2-12,14,16H,13,15H2,1H3,(H,22,25)/b11-10+. The first-order chi connectivity index (χ1) is 12.7. The van der Waals surface area contributed by atoms with Crippen LogP contribution in [0.1, 0.15) is 16.7 Å². The third-order valence-electron chi connectivity index (χ3n) is 3.87. The summed E-state index contributed by atoms with van der Waals surface area (Å²) in [6.45, 7) is 1.16. The number of ether oxygens (including phenoxy) is 1. The molecule has 5 heteroatoms. The van der Waals surface area contributed by atoms with Gasteiger partial charge in [0.05, 0.1) is 19.9 Å². The number of aromatic nitrogens is 2. The Morgan fingerprint density at radius 2 is 1.96 bits per heavy atom.